The molecule has 0 spiro atoms. The molecule has 2 aliphatic rings. The van der Waals surface area contributed by atoms with Crippen LogP contribution in [0.4, 0.5) is 5.69 Å². The molecule has 1 atom stereocenters. The maximum Gasteiger partial charge on any atom is 0.254 e. The fraction of sp³-hybridized carbons (Fsp3) is 0.529. The molecule has 7 nitrogen and oxygen atoms in total. The first-order valence-electron chi connectivity index (χ1n) is 8.20. The number of hydrogen-bond donors (Lipinski definition) is 0. The molecule has 2 fully saturated rings. The Morgan fingerprint density at radius 3 is 2.40 bits per heavy atom. The Labute approximate surface area is 147 Å². The van der Waals surface area contributed by atoms with Gasteiger partial charge in [0.2, 0.25) is 15.9 Å². The first-order valence-corrected chi connectivity index (χ1v) is 9.81. The number of carbonyl (C=O) groups is 2. The van der Waals surface area contributed by atoms with Crippen molar-refractivity contribution >= 4 is 27.5 Å². The number of anilines is 1. The summed E-state index contributed by atoms with van der Waals surface area (Å²) in [7, 11) is -3.69. The van der Waals surface area contributed by atoms with Crippen molar-refractivity contribution in [1.29, 1.82) is 0 Å². The number of sulfonamides is 1. The monoisotopic (exact) mass is 366 g/mol. The van der Waals surface area contributed by atoms with Crippen molar-refractivity contribution in [2.75, 3.05) is 29.8 Å². The lowest BCUT2D eigenvalue weighted by Gasteiger charge is -2.33. The number of nitrogens with zero attached hydrogens (tertiary/aromatic N) is 2. The average molecular weight is 366 g/mol. The van der Waals surface area contributed by atoms with Crippen LogP contribution < -0.4 is 4.31 Å². The van der Waals surface area contributed by atoms with Gasteiger partial charge in [-0.05, 0) is 45.0 Å². The number of hydrogen-bond acceptors (Lipinski definition) is 5. The molecule has 2 heterocycles. The molecule has 0 bridgehead atoms. The van der Waals surface area contributed by atoms with Crippen LogP contribution in [0.5, 0.6) is 0 Å². The highest BCUT2D eigenvalue weighted by Gasteiger charge is 2.49. The van der Waals surface area contributed by atoms with Gasteiger partial charge in [0, 0.05) is 12.1 Å². The highest BCUT2D eigenvalue weighted by molar-refractivity contribution is 7.94. The molecule has 0 aliphatic carbocycles. The molecule has 25 heavy (non-hydrogen) atoms. The number of ether oxygens (including phenoxy) is 1. The predicted molar refractivity (Wildman–Crippen MR) is 92.8 cm³/mol. The smallest absolute Gasteiger partial charge is 0.254 e. The number of carbonyl (C=O) groups excluding carboxylic acids is 2. The molecule has 136 valence electrons. The molecule has 1 aromatic rings. The summed E-state index contributed by atoms with van der Waals surface area (Å²) in [5.74, 6) is -0.795. The van der Waals surface area contributed by atoms with Crippen LogP contribution in [0, 0.1) is 5.41 Å². The van der Waals surface area contributed by atoms with Crippen molar-refractivity contribution < 1.29 is 22.7 Å². The van der Waals surface area contributed by atoms with Crippen molar-refractivity contribution in [2.45, 2.75) is 26.8 Å². The van der Waals surface area contributed by atoms with Crippen LogP contribution in [0.25, 0.3) is 0 Å². The molecule has 2 aliphatic heterocycles. The van der Waals surface area contributed by atoms with E-state index in [1.165, 1.54) is 12.1 Å². The molecular formula is C17H22N2O5S. The van der Waals surface area contributed by atoms with Crippen LogP contribution in [0.2, 0.25) is 0 Å². The average Bonchev–Trinajstić information content (AvgIpc) is 2.70. The maximum atomic E-state index is 12.6. The Hall–Kier alpha value is -1.93. The second-order valence-corrected chi connectivity index (χ2v) is 9.00. The summed E-state index contributed by atoms with van der Waals surface area (Å²) in [6.45, 7) is 6.68. The van der Waals surface area contributed by atoms with E-state index >= 15 is 0 Å². The second-order valence-electron chi connectivity index (χ2n) is 7.18. The summed E-state index contributed by atoms with van der Waals surface area (Å²) in [5.41, 5.74) is -0.223. The van der Waals surface area contributed by atoms with E-state index < -0.39 is 21.3 Å². The van der Waals surface area contributed by atoms with Gasteiger partial charge >= 0.3 is 0 Å². The first-order chi connectivity index (χ1) is 11.6. The van der Waals surface area contributed by atoms with E-state index in [2.05, 4.69) is 0 Å². The van der Waals surface area contributed by atoms with Crippen molar-refractivity contribution in [1.82, 2.24) is 4.90 Å². The van der Waals surface area contributed by atoms with Gasteiger partial charge in [0.25, 0.3) is 5.91 Å². The highest BCUT2D eigenvalue weighted by Crippen LogP contribution is 2.35. The van der Waals surface area contributed by atoms with Crippen molar-refractivity contribution in [3.8, 4) is 0 Å². The zero-order valence-electron chi connectivity index (χ0n) is 14.6. The SMILES string of the molecule is CC1COCCN1C(=O)c1ccc(N2C(=O)C(C)(C)CS2(=O)=O)cc1. The fourth-order valence-corrected chi connectivity index (χ4v) is 5.30. The molecule has 0 radical (unpaired) electrons. The minimum atomic E-state index is -3.69. The third-order valence-corrected chi connectivity index (χ3v) is 6.58. The van der Waals surface area contributed by atoms with Crippen LogP contribution in [0.1, 0.15) is 31.1 Å². The van der Waals surface area contributed by atoms with Crippen LogP contribution in [0.3, 0.4) is 0 Å². The summed E-state index contributed by atoms with van der Waals surface area (Å²) in [6.07, 6.45) is 0. The van der Waals surface area contributed by atoms with Crippen molar-refractivity contribution in [3.63, 3.8) is 0 Å². The lowest BCUT2D eigenvalue weighted by Crippen LogP contribution is -2.47. The summed E-state index contributed by atoms with van der Waals surface area (Å²) in [4.78, 5) is 26.8. The van der Waals surface area contributed by atoms with Gasteiger partial charge in [0.05, 0.1) is 36.1 Å². The molecule has 2 amide bonds. The van der Waals surface area contributed by atoms with Gasteiger partial charge in [0.15, 0.2) is 0 Å². The van der Waals surface area contributed by atoms with E-state index in [1.807, 2.05) is 6.92 Å². The zero-order chi connectivity index (χ0) is 18.4. The Morgan fingerprint density at radius 2 is 1.88 bits per heavy atom. The minimum absolute atomic E-state index is 0.0118. The van der Waals surface area contributed by atoms with Gasteiger partial charge in [-0.15, -0.1) is 0 Å². The van der Waals surface area contributed by atoms with Crippen LogP contribution in [-0.2, 0) is 19.6 Å². The largest absolute Gasteiger partial charge is 0.377 e. The lowest BCUT2D eigenvalue weighted by atomic mass is 9.95. The molecule has 1 unspecified atom stereocenters. The van der Waals surface area contributed by atoms with Crippen molar-refractivity contribution in [3.05, 3.63) is 29.8 Å². The summed E-state index contributed by atoms with van der Waals surface area (Å²) in [5, 5.41) is 0. The highest BCUT2D eigenvalue weighted by atomic mass is 32.2. The number of morpholine rings is 1. The quantitative estimate of drug-likeness (QED) is 0.787. The summed E-state index contributed by atoms with van der Waals surface area (Å²) in [6, 6.07) is 6.13. The molecule has 0 saturated carbocycles. The van der Waals surface area contributed by atoms with E-state index in [0.29, 0.717) is 25.3 Å². The van der Waals surface area contributed by atoms with E-state index in [4.69, 9.17) is 4.74 Å². The van der Waals surface area contributed by atoms with Crippen LogP contribution in [-0.4, -0.2) is 56.7 Å². The summed E-state index contributed by atoms with van der Waals surface area (Å²) < 4.78 is 30.8. The van der Waals surface area contributed by atoms with Gasteiger partial charge < -0.3 is 9.64 Å². The predicted octanol–water partition coefficient (Wildman–Crippen LogP) is 1.25. The third kappa shape index (κ3) is 3.16. The number of benzene rings is 1. The Bertz CT molecular complexity index is 801. The fourth-order valence-electron chi connectivity index (χ4n) is 3.20. The normalized spacial score (nSPS) is 25.2. The Morgan fingerprint density at radius 1 is 1.24 bits per heavy atom. The second kappa shape index (κ2) is 6.10. The lowest BCUT2D eigenvalue weighted by molar-refractivity contribution is -0.123. The molecule has 0 aromatic heterocycles. The van der Waals surface area contributed by atoms with Crippen LogP contribution in [0.15, 0.2) is 24.3 Å². The number of rotatable bonds is 2. The van der Waals surface area contributed by atoms with E-state index in [0.717, 1.165) is 4.31 Å². The summed E-state index contributed by atoms with van der Waals surface area (Å²) >= 11 is 0. The molecule has 1 aromatic carbocycles. The minimum Gasteiger partial charge on any atom is -0.377 e. The molecule has 2 saturated heterocycles. The van der Waals surface area contributed by atoms with E-state index in [-0.39, 0.29) is 23.4 Å². The maximum absolute atomic E-state index is 12.6. The van der Waals surface area contributed by atoms with Gasteiger partial charge in [-0.2, -0.15) is 0 Å². The Kier molecular flexibility index (Phi) is 4.36. The number of amides is 2. The van der Waals surface area contributed by atoms with Crippen LogP contribution >= 0.6 is 0 Å². The van der Waals surface area contributed by atoms with Gasteiger partial charge in [-0.3, -0.25) is 9.59 Å². The van der Waals surface area contributed by atoms with Gasteiger partial charge in [-0.1, -0.05) is 0 Å². The topological polar surface area (TPSA) is 84.0 Å². The Balaban J connectivity index is 1.85. The molecular weight excluding hydrogens is 344 g/mol. The van der Waals surface area contributed by atoms with E-state index in [1.54, 1.807) is 30.9 Å². The zero-order valence-corrected chi connectivity index (χ0v) is 15.4. The standard InChI is InChI=1S/C17H22N2O5S/c1-12-10-24-9-8-18(12)15(20)13-4-6-14(7-5-13)19-16(21)17(2,3)11-25(19,22)23/h4-7,12H,8-11H2,1-3H3. The van der Waals surface area contributed by atoms with E-state index in [9.17, 15) is 18.0 Å². The first kappa shape index (κ1) is 17.9. The van der Waals surface area contributed by atoms with Gasteiger partial charge in [-0.25, -0.2) is 12.7 Å². The molecule has 3 rings (SSSR count). The van der Waals surface area contributed by atoms with Crippen molar-refractivity contribution in [2.24, 2.45) is 5.41 Å². The third-order valence-electron chi connectivity index (χ3n) is 4.56. The van der Waals surface area contributed by atoms with Gasteiger partial charge in [0.1, 0.15) is 0 Å². The molecule has 0 N–H and O–H groups in total. The molecule has 8 heteroatoms.